The minimum atomic E-state index is 1.14. The molecule has 30 heavy (non-hydrogen) atoms. The maximum atomic E-state index is 3.75. The summed E-state index contributed by atoms with van der Waals surface area (Å²) < 4.78 is 0. The molecule has 0 saturated carbocycles. The molecule has 0 unspecified atom stereocenters. The van der Waals surface area contributed by atoms with Gasteiger partial charge in [0.15, 0.2) is 0 Å². The molecule has 0 aliphatic carbocycles. The van der Waals surface area contributed by atoms with E-state index < -0.39 is 0 Å². The topological polar surface area (TPSA) is 6.48 Å². The highest BCUT2D eigenvalue weighted by Gasteiger charge is 2.00. The Labute approximate surface area is 185 Å². The summed E-state index contributed by atoms with van der Waals surface area (Å²) in [5, 5.41) is 0. The maximum Gasteiger partial charge on any atom is 0.00216 e. The number of hydrogen-bond donors (Lipinski definition) is 0. The second-order valence-electron chi connectivity index (χ2n) is 7.45. The average molecular weight is 407 g/mol. The third-order valence-electron chi connectivity index (χ3n) is 5.65. The molecule has 0 spiro atoms. The van der Waals surface area contributed by atoms with Gasteiger partial charge in [-0.05, 0) is 61.3 Å². The first kappa shape index (κ1) is 25.9. The van der Waals surface area contributed by atoms with Crippen molar-refractivity contribution in [2.45, 2.75) is 40.5 Å². The van der Waals surface area contributed by atoms with Crippen LogP contribution in [0.4, 0.5) is 0 Å². The fourth-order valence-electron chi connectivity index (χ4n) is 3.29. The summed E-state index contributed by atoms with van der Waals surface area (Å²) in [7, 11) is 0. The van der Waals surface area contributed by atoms with Gasteiger partial charge in [0.05, 0.1) is 0 Å². The summed E-state index contributed by atoms with van der Waals surface area (Å²) in [6.07, 6.45) is 6.04. The van der Waals surface area contributed by atoms with Crippen molar-refractivity contribution in [1.82, 2.24) is 9.80 Å². The molecule has 0 saturated heterocycles. The number of nitrogens with zero attached hydrogens (tertiary/aromatic N) is 2. The van der Waals surface area contributed by atoms with Gasteiger partial charge in [0.1, 0.15) is 0 Å². The largest absolute Gasteiger partial charge is 0.304 e. The van der Waals surface area contributed by atoms with E-state index in [9.17, 15) is 0 Å². The van der Waals surface area contributed by atoms with E-state index in [0.717, 1.165) is 52.1 Å². The van der Waals surface area contributed by atoms with Crippen molar-refractivity contribution < 1.29 is 0 Å². The summed E-state index contributed by atoms with van der Waals surface area (Å²) in [5.41, 5.74) is 5.21. The predicted octanol–water partition coefficient (Wildman–Crippen LogP) is 6.43. The molecule has 0 bridgehead atoms. The van der Waals surface area contributed by atoms with Crippen LogP contribution in [0.5, 0.6) is 0 Å². The van der Waals surface area contributed by atoms with Gasteiger partial charge in [0.25, 0.3) is 0 Å². The molecule has 2 rings (SSSR count). The molecule has 2 aromatic carbocycles. The molecule has 0 aliphatic rings. The van der Waals surface area contributed by atoms with Gasteiger partial charge in [-0.3, -0.25) is 0 Å². The monoisotopic (exact) mass is 406 g/mol. The van der Waals surface area contributed by atoms with Crippen LogP contribution in [-0.4, -0.2) is 49.1 Å². The minimum absolute atomic E-state index is 1.14. The Kier molecular flexibility index (Phi) is 13.5. The zero-order chi connectivity index (χ0) is 22.2. The highest BCUT2D eigenvalue weighted by Crippen LogP contribution is 2.07. The minimum Gasteiger partial charge on any atom is -0.304 e. The van der Waals surface area contributed by atoms with Gasteiger partial charge in [-0.25, -0.2) is 0 Å². The first-order valence-corrected chi connectivity index (χ1v) is 11.5. The van der Waals surface area contributed by atoms with E-state index in [4.69, 9.17) is 0 Å². The van der Waals surface area contributed by atoms with Crippen molar-refractivity contribution in [2.24, 2.45) is 0 Å². The third kappa shape index (κ3) is 10.0. The molecule has 0 heterocycles. The van der Waals surface area contributed by atoms with E-state index >= 15 is 0 Å². The van der Waals surface area contributed by atoms with Crippen LogP contribution in [0.3, 0.4) is 0 Å². The Bertz CT molecular complexity index is 629. The van der Waals surface area contributed by atoms with Crippen molar-refractivity contribution in [3.8, 4) is 0 Å². The normalized spacial score (nSPS) is 10.6. The van der Waals surface area contributed by atoms with Crippen LogP contribution in [-0.2, 0) is 12.8 Å². The standard InChI is InChI=1S/2C14H21N/c2*1-4-13-7-9-14(10-8-13)11-12-15(5-2)6-3/h2*4,7-10H,1,5-6,11-12H2,2-3H3. The Morgan fingerprint density at radius 1 is 0.567 bits per heavy atom. The van der Waals surface area contributed by atoms with Gasteiger partial charge in [0.2, 0.25) is 0 Å². The Hall–Kier alpha value is -2.16. The Morgan fingerprint density at radius 3 is 1.10 bits per heavy atom. The second-order valence-corrected chi connectivity index (χ2v) is 7.45. The average Bonchev–Trinajstić information content (AvgIpc) is 2.81. The predicted molar refractivity (Wildman–Crippen MR) is 136 cm³/mol. The van der Waals surface area contributed by atoms with Crippen LogP contribution in [0, 0.1) is 0 Å². The van der Waals surface area contributed by atoms with Crippen LogP contribution in [0.15, 0.2) is 61.7 Å². The molecule has 0 atom stereocenters. The highest BCUT2D eigenvalue weighted by atomic mass is 15.1. The first-order valence-electron chi connectivity index (χ1n) is 11.5. The number of benzene rings is 2. The molecular weight excluding hydrogens is 364 g/mol. The molecule has 0 amide bonds. The molecule has 0 fully saturated rings. The van der Waals surface area contributed by atoms with E-state index in [2.05, 4.69) is 99.2 Å². The van der Waals surface area contributed by atoms with Crippen LogP contribution in [0.2, 0.25) is 0 Å². The highest BCUT2D eigenvalue weighted by molar-refractivity contribution is 5.47. The maximum absolute atomic E-state index is 3.75. The molecule has 0 radical (unpaired) electrons. The van der Waals surface area contributed by atoms with Gasteiger partial charge < -0.3 is 9.80 Å². The lowest BCUT2D eigenvalue weighted by Gasteiger charge is -2.17. The molecular formula is C28H42N2. The van der Waals surface area contributed by atoms with E-state index in [0.29, 0.717) is 0 Å². The van der Waals surface area contributed by atoms with E-state index in [-0.39, 0.29) is 0 Å². The van der Waals surface area contributed by atoms with E-state index in [1.807, 2.05) is 12.2 Å². The number of hydrogen-bond acceptors (Lipinski definition) is 2. The van der Waals surface area contributed by atoms with E-state index in [1.54, 1.807) is 0 Å². The quantitative estimate of drug-likeness (QED) is 0.401. The van der Waals surface area contributed by atoms with Crippen LogP contribution >= 0.6 is 0 Å². The molecule has 2 nitrogen and oxygen atoms in total. The van der Waals surface area contributed by atoms with Crippen LogP contribution in [0.1, 0.15) is 49.9 Å². The zero-order valence-corrected chi connectivity index (χ0v) is 19.7. The number of rotatable bonds is 12. The SMILES string of the molecule is C=Cc1ccc(CCN(CC)CC)cc1.C=Cc1ccc(CCN(CC)CC)cc1. The fraction of sp³-hybridized carbons (Fsp3) is 0.429. The van der Waals surface area contributed by atoms with Crippen molar-refractivity contribution >= 4 is 12.2 Å². The smallest absolute Gasteiger partial charge is 0.00216 e. The van der Waals surface area contributed by atoms with E-state index in [1.165, 1.54) is 22.3 Å². The molecule has 0 aromatic heterocycles. The molecule has 2 aromatic rings. The van der Waals surface area contributed by atoms with Gasteiger partial charge in [-0.1, -0.05) is 102 Å². The van der Waals surface area contributed by atoms with Crippen molar-refractivity contribution in [1.29, 1.82) is 0 Å². The Morgan fingerprint density at radius 2 is 0.867 bits per heavy atom. The molecule has 164 valence electrons. The first-order chi connectivity index (χ1) is 14.6. The summed E-state index contributed by atoms with van der Waals surface area (Å²) in [6.45, 7) is 23.2. The van der Waals surface area contributed by atoms with Gasteiger partial charge in [0, 0.05) is 13.1 Å². The lowest BCUT2D eigenvalue weighted by molar-refractivity contribution is 0.308. The van der Waals surface area contributed by atoms with Crippen molar-refractivity contribution in [3.05, 3.63) is 83.9 Å². The van der Waals surface area contributed by atoms with Gasteiger partial charge in [-0.15, -0.1) is 0 Å². The second kappa shape index (κ2) is 15.6. The van der Waals surface area contributed by atoms with Crippen molar-refractivity contribution in [2.75, 3.05) is 39.3 Å². The molecule has 2 heteroatoms. The lowest BCUT2D eigenvalue weighted by Crippen LogP contribution is -2.25. The molecule has 0 aliphatic heterocycles. The zero-order valence-electron chi connectivity index (χ0n) is 19.7. The summed E-state index contributed by atoms with van der Waals surface area (Å²) >= 11 is 0. The van der Waals surface area contributed by atoms with Crippen LogP contribution < -0.4 is 0 Å². The summed E-state index contributed by atoms with van der Waals surface area (Å²) in [5.74, 6) is 0. The van der Waals surface area contributed by atoms with Crippen molar-refractivity contribution in [3.63, 3.8) is 0 Å². The number of likely N-dealkylation sites (N-methyl/N-ethyl adjacent to an activating group) is 2. The molecule has 0 N–H and O–H groups in total. The third-order valence-corrected chi connectivity index (χ3v) is 5.65. The van der Waals surface area contributed by atoms with Crippen LogP contribution in [0.25, 0.3) is 12.2 Å². The van der Waals surface area contributed by atoms with Gasteiger partial charge >= 0.3 is 0 Å². The summed E-state index contributed by atoms with van der Waals surface area (Å²) in [4.78, 5) is 4.89. The van der Waals surface area contributed by atoms with Gasteiger partial charge in [-0.2, -0.15) is 0 Å². The lowest BCUT2D eigenvalue weighted by atomic mass is 10.1. The fourth-order valence-corrected chi connectivity index (χ4v) is 3.29. The Balaban J connectivity index is 0.000000300. The summed E-state index contributed by atoms with van der Waals surface area (Å²) in [6, 6.07) is 17.3.